The van der Waals surface area contributed by atoms with Gasteiger partial charge < -0.3 is 0 Å². The second-order valence-corrected chi connectivity index (χ2v) is 11.2. The van der Waals surface area contributed by atoms with E-state index in [0.29, 0.717) is 17.7 Å². The van der Waals surface area contributed by atoms with Crippen molar-refractivity contribution < 1.29 is 39.9 Å². The third-order valence-corrected chi connectivity index (χ3v) is 8.78. The van der Waals surface area contributed by atoms with Crippen molar-refractivity contribution in [2.24, 2.45) is 17.8 Å². The van der Waals surface area contributed by atoms with Gasteiger partial charge in [-0.2, -0.15) is 8.78 Å². The number of hydrogen-bond acceptors (Lipinski definition) is 1. The van der Waals surface area contributed by atoms with Crippen LogP contribution in [0.3, 0.4) is 0 Å². The predicted molar refractivity (Wildman–Crippen MR) is 132 cm³/mol. The van der Waals surface area contributed by atoms with E-state index in [1.807, 2.05) is 6.07 Å². The van der Waals surface area contributed by atoms with Crippen molar-refractivity contribution in [3.63, 3.8) is 0 Å². The Morgan fingerprint density at radius 3 is 1.79 bits per heavy atom. The van der Waals surface area contributed by atoms with Crippen LogP contribution in [0.5, 0.6) is 0 Å². The molecule has 2 fully saturated rings. The van der Waals surface area contributed by atoms with E-state index in [4.69, 9.17) is 0 Å². The monoisotopic (exact) mass is 562 g/mol. The lowest BCUT2D eigenvalue weighted by Crippen LogP contribution is -2.29. The van der Waals surface area contributed by atoms with Crippen LogP contribution in [0.4, 0.5) is 35.1 Å². The van der Waals surface area contributed by atoms with E-state index in [2.05, 4.69) is 11.7 Å². The van der Waals surface area contributed by atoms with Crippen LogP contribution in [-0.2, 0) is 23.7 Å². The summed E-state index contributed by atoms with van der Waals surface area (Å²) in [7, 11) is 0. The quantitative estimate of drug-likeness (QED) is 0.291. The Hall–Kier alpha value is -2.16. The Kier molecular flexibility index (Phi) is 9.29. The summed E-state index contributed by atoms with van der Waals surface area (Å²) < 4.78 is 110. The average Bonchev–Trinajstić information content (AvgIpc) is 2.86. The summed E-state index contributed by atoms with van der Waals surface area (Å²) in [6.07, 6.45) is -0.199. The molecule has 2 aromatic rings. The summed E-state index contributed by atoms with van der Waals surface area (Å²) in [6, 6.07) is 6.05. The Bertz CT molecular complexity index is 1090. The van der Waals surface area contributed by atoms with Crippen molar-refractivity contribution in [2.45, 2.75) is 95.9 Å². The van der Waals surface area contributed by atoms with Crippen LogP contribution >= 0.6 is 0 Å². The van der Waals surface area contributed by atoms with E-state index in [0.717, 1.165) is 49.0 Å². The van der Waals surface area contributed by atoms with Gasteiger partial charge >= 0.3 is 12.5 Å². The lowest BCUT2D eigenvalue weighted by Gasteiger charge is -2.38. The minimum absolute atomic E-state index is 0.0347. The highest BCUT2D eigenvalue weighted by Crippen LogP contribution is 2.44. The number of halogens is 8. The molecule has 4 rings (SSSR count). The summed E-state index contributed by atoms with van der Waals surface area (Å²) in [5.41, 5.74) is -0.984. The van der Waals surface area contributed by atoms with Gasteiger partial charge in [0.15, 0.2) is 0 Å². The molecular weight excluding hydrogens is 528 g/mol. The maximum absolute atomic E-state index is 14.9. The van der Waals surface area contributed by atoms with Crippen molar-refractivity contribution in [3.8, 4) is 0 Å². The SMILES string of the molecule is CCC1CCC(C2CCC(c3ccc(CCc4cc(F)c(C(F)(F)OC(F)(F)F)c(F)c4)c(F)c3)CC2)CC1. The lowest BCUT2D eigenvalue weighted by molar-refractivity contribution is -0.432. The molecule has 0 aliphatic heterocycles. The zero-order chi connectivity index (χ0) is 28.4. The minimum atomic E-state index is -5.79. The minimum Gasteiger partial charge on any atom is -0.222 e. The van der Waals surface area contributed by atoms with Crippen molar-refractivity contribution in [1.82, 2.24) is 0 Å². The van der Waals surface area contributed by atoms with Gasteiger partial charge in [0.05, 0.1) is 0 Å². The van der Waals surface area contributed by atoms with Crippen LogP contribution in [0.2, 0.25) is 0 Å². The third-order valence-electron chi connectivity index (χ3n) is 8.78. The van der Waals surface area contributed by atoms with Crippen LogP contribution < -0.4 is 0 Å². The summed E-state index contributed by atoms with van der Waals surface area (Å²) in [4.78, 5) is 0. The van der Waals surface area contributed by atoms with Gasteiger partial charge in [0.2, 0.25) is 0 Å². The molecule has 0 amide bonds. The fourth-order valence-electron chi connectivity index (χ4n) is 6.54. The highest BCUT2D eigenvalue weighted by molar-refractivity contribution is 5.31. The summed E-state index contributed by atoms with van der Waals surface area (Å²) in [5, 5.41) is 0. The van der Waals surface area contributed by atoms with Crippen LogP contribution in [0, 0.1) is 35.2 Å². The predicted octanol–water partition coefficient (Wildman–Crippen LogP) is 9.96. The van der Waals surface area contributed by atoms with E-state index in [1.54, 1.807) is 6.07 Å². The van der Waals surface area contributed by atoms with Gasteiger partial charge in [-0.1, -0.05) is 38.3 Å². The Labute approximate surface area is 223 Å². The van der Waals surface area contributed by atoms with E-state index < -0.39 is 35.5 Å². The summed E-state index contributed by atoms with van der Waals surface area (Å²) in [6.45, 7) is 2.27. The molecule has 0 N–H and O–H groups in total. The van der Waals surface area contributed by atoms with Crippen LogP contribution in [0.15, 0.2) is 30.3 Å². The first-order valence-corrected chi connectivity index (χ1v) is 13.8. The fourth-order valence-corrected chi connectivity index (χ4v) is 6.54. The maximum atomic E-state index is 14.9. The highest BCUT2D eigenvalue weighted by Gasteiger charge is 2.49. The number of hydrogen-bond donors (Lipinski definition) is 0. The van der Waals surface area contributed by atoms with Gasteiger partial charge in [-0.25, -0.2) is 17.9 Å². The van der Waals surface area contributed by atoms with Gasteiger partial charge in [-0.15, -0.1) is 13.2 Å². The zero-order valence-electron chi connectivity index (χ0n) is 21.9. The standard InChI is InChI=1S/C30H34F8O/c1-2-18-3-6-20(7-4-18)21-9-11-22(12-10-21)24-14-13-23(25(31)17-24)8-5-19-15-26(32)28(27(33)16-19)29(34,35)39-30(36,37)38/h13-18,20-22H,2-12H2,1H3. The Balaban J connectivity index is 1.34. The number of alkyl halides is 5. The smallest absolute Gasteiger partial charge is 0.222 e. The van der Waals surface area contributed by atoms with Crippen LogP contribution in [-0.4, -0.2) is 6.36 Å². The van der Waals surface area contributed by atoms with Crippen molar-refractivity contribution in [2.75, 3.05) is 0 Å². The molecule has 2 aliphatic carbocycles. The number of aryl methyl sites for hydroxylation is 2. The zero-order valence-corrected chi connectivity index (χ0v) is 21.9. The number of rotatable bonds is 8. The molecule has 9 heteroatoms. The molecule has 2 aromatic carbocycles. The molecule has 1 nitrogen and oxygen atoms in total. The van der Waals surface area contributed by atoms with E-state index >= 15 is 0 Å². The first-order valence-electron chi connectivity index (χ1n) is 13.8. The molecule has 216 valence electrons. The third kappa shape index (κ3) is 7.53. The van der Waals surface area contributed by atoms with Gasteiger partial charge in [0.25, 0.3) is 0 Å². The summed E-state index contributed by atoms with van der Waals surface area (Å²) in [5.74, 6) is -1.48. The fraction of sp³-hybridized carbons (Fsp3) is 0.600. The Morgan fingerprint density at radius 1 is 0.718 bits per heavy atom. The molecule has 0 unspecified atom stereocenters. The van der Waals surface area contributed by atoms with E-state index in [1.165, 1.54) is 38.2 Å². The van der Waals surface area contributed by atoms with E-state index in [9.17, 15) is 35.1 Å². The molecule has 0 aromatic heterocycles. The lowest BCUT2D eigenvalue weighted by atomic mass is 9.68. The topological polar surface area (TPSA) is 9.23 Å². The summed E-state index contributed by atoms with van der Waals surface area (Å²) >= 11 is 0. The molecule has 0 bridgehead atoms. The highest BCUT2D eigenvalue weighted by atomic mass is 19.4. The number of benzene rings is 2. The van der Waals surface area contributed by atoms with Gasteiger partial charge in [0, 0.05) is 0 Å². The van der Waals surface area contributed by atoms with Crippen LogP contribution in [0.25, 0.3) is 0 Å². The molecule has 0 heterocycles. The molecule has 39 heavy (non-hydrogen) atoms. The molecule has 0 spiro atoms. The normalized spacial score (nSPS) is 24.6. The first kappa shape index (κ1) is 29.8. The van der Waals surface area contributed by atoms with Crippen LogP contribution in [0.1, 0.15) is 92.9 Å². The molecule has 2 aliphatic rings. The molecule has 0 atom stereocenters. The second-order valence-electron chi connectivity index (χ2n) is 11.2. The first-order chi connectivity index (χ1) is 18.4. The van der Waals surface area contributed by atoms with E-state index in [-0.39, 0.29) is 24.3 Å². The second kappa shape index (κ2) is 12.1. The van der Waals surface area contributed by atoms with Gasteiger partial charge in [0.1, 0.15) is 23.0 Å². The Morgan fingerprint density at radius 2 is 1.28 bits per heavy atom. The van der Waals surface area contributed by atoms with Crippen molar-refractivity contribution >= 4 is 0 Å². The van der Waals surface area contributed by atoms with Gasteiger partial charge in [-0.3, -0.25) is 0 Å². The van der Waals surface area contributed by atoms with Crippen molar-refractivity contribution in [1.29, 1.82) is 0 Å². The molecule has 0 radical (unpaired) electrons. The molecule has 0 saturated heterocycles. The van der Waals surface area contributed by atoms with Gasteiger partial charge in [-0.05, 0) is 110 Å². The molecule has 2 saturated carbocycles. The van der Waals surface area contributed by atoms with Crippen molar-refractivity contribution in [3.05, 3.63) is 70.0 Å². The number of ether oxygens (including phenoxy) is 1. The maximum Gasteiger partial charge on any atom is 0.527 e. The largest absolute Gasteiger partial charge is 0.527 e. The average molecular weight is 563 g/mol. The molecular formula is C30H34F8O.